The zero-order valence-corrected chi connectivity index (χ0v) is 14.0. The molecule has 26 heavy (non-hydrogen) atoms. The van der Waals surface area contributed by atoms with Crippen LogP contribution in [0.3, 0.4) is 0 Å². The van der Waals surface area contributed by atoms with Gasteiger partial charge in [0, 0.05) is 11.4 Å². The van der Waals surface area contributed by atoms with Gasteiger partial charge in [0.1, 0.15) is 5.75 Å². The van der Waals surface area contributed by atoms with E-state index in [2.05, 4.69) is 10.6 Å². The average Bonchev–Trinajstić information content (AvgIpc) is 2.68. The van der Waals surface area contributed by atoms with Gasteiger partial charge in [0.25, 0.3) is 11.8 Å². The Morgan fingerprint density at radius 3 is 1.88 bits per heavy atom. The maximum absolute atomic E-state index is 12.5. The number of benzene rings is 3. The van der Waals surface area contributed by atoms with Crippen LogP contribution in [0, 0.1) is 0 Å². The molecule has 0 saturated heterocycles. The molecule has 0 radical (unpaired) electrons. The second-order valence-corrected chi connectivity index (χ2v) is 5.52. The van der Waals surface area contributed by atoms with Crippen LogP contribution in [0.15, 0.2) is 84.9 Å². The molecule has 3 aromatic rings. The molecule has 130 valence electrons. The Balaban J connectivity index is 1.63. The van der Waals surface area contributed by atoms with Crippen molar-refractivity contribution in [1.82, 2.24) is 0 Å². The first kappa shape index (κ1) is 17.2. The minimum atomic E-state index is -0.297. The molecule has 3 aromatic carbocycles. The fourth-order valence-electron chi connectivity index (χ4n) is 2.36. The number of amides is 2. The Kier molecular flexibility index (Phi) is 5.62. The third-order valence-corrected chi connectivity index (χ3v) is 3.58. The molecular formula is C21H18N2O3. The third kappa shape index (κ3) is 4.70. The number of ether oxygens (including phenoxy) is 1. The van der Waals surface area contributed by atoms with E-state index in [0.29, 0.717) is 22.7 Å². The van der Waals surface area contributed by atoms with E-state index in [1.165, 1.54) is 0 Å². The number of nitrogens with one attached hydrogen (secondary N) is 2. The number of carbonyl (C=O) groups is 2. The number of rotatable bonds is 6. The molecular weight excluding hydrogens is 328 g/mol. The molecule has 0 aliphatic rings. The van der Waals surface area contributed by atoms with Crippen LogP contribution in [-0.2, 0) is 4.79 Å². The van der Waals surface area contributed by atoms with Crippen molar-refractivity contribution in [3.63, 3.8) is 0 Å². The number of hydrogen-bond acceptors (Lipinski definition) is 3. The molecule has 0 atom stereocenters. The average molecular weight is 346 g/mol. The largest absolute Gasteiger partial charge is 0.483 e. The minimum Gasteiger partial charge on any atom is -0.483 e. The summed E-state index contributed by atoms with van der Waals surface area (Å²) in [4.78, 5) is 24.5. The van der Waals surface area contributed by atoms with Crippen LogP contribution in [0.4, 0.5) is 11.4 Å². The molecule has 0 bridgehead atoms. The van der Waals surface area contributed by atoms with Crippen molar-refractivity contribution in [1.29, 1.82) is 0 Å². The summed E-state index contributed by atoms with van der Waals surface area (Å²) in [6, 6.07) is 25.1. The SMILES string of the molecule is O=C(COc1ccccc1C(=O)Nc1ccccc1)Nc1ccccc1. The van der Waals surface area contributed by atoms with Crippen molar-refractivity contribution >= 4 is 23.2 Å². The van der Waals surface area contributed by atoms with Crippen LogP contribution in [0.2, 0.25) is 0 Å². The minimum absolute atomic E-state index is 0.190. The molecule has 2 amide bonds. The van der Waals surface area contributed by atoms with Crippen molar-refractivity contribution in [3.05, 3.63) is 90.5 Å². The Bertz CT molecular complexity index is 880. The molecule has 2 N–H and O–H groups in total. The highest BCUT2D eigenvalue weighted by molar-refractivity contribution is 6.06. The second kappa shape index (κ2) is 8.48. The Morgan fingerprint density at radius 1 is 0.692 bits per heavy atom. The van der Waals surface area contributed by atoms with Gasteiger partial charge in [-0.25, -0.2) is 0 Å². The summed E-state index contributed by atoms with van der Waals surface area (Å²) in [6.45, 7) is -0.190. The van der Waals surface area contributed by atoms with Gasteiger partial charge in [0.15, 0.2) is 6.61 Å². The van der Waals surface area contributed by atoms with E-state index in [1.807, 2.05) is 36.4 Å². The quantitative estimate of drug-likeness (QED) is 0.710. The molecule has 0 heterocycles. The molecule has 0 spiro atoms. The van der Waals surface area contributed by atoms with Gasteiger partial charge in [0.2, 0.25) is 0 Å². The lowest BCUT2D eigenvalue weighted by atomic mass is 10.2. The third-order valence-electron chi connectivity index (χ3n) is 3.58. The van der Waals surface area contributed by atoms with E-state index >= 15 is 0 Å². The maximum atomic E-state index is 12.5. The van der Waals surface area contributed by atoms with Gasteiger partial charge in [-0.15, -0.1) is 0 Å². The Morgan fingerprint density at radius 2 is 1.23 bits per heavy atom. The smallest absolute Gasteiger partial charge is 0.262 e. The van der Waals surface area contributed by atoms with Crippen molar-refractivity contribution in [2.45, 2.75) is 0 Å². The summed E-state index contributed by atoms with van der Waals surface area (Å²) in [5.74, 6) is -0.242. The molecule has 5 heteroatoms. The first-order chi connectivity index (χ1) is 12.7. The fourth-order valence-corrected chi connectivity index (χ4v) is 2.36. The Labute approximate surface area is 151 Å². The molecule has 0 aliphatic heterocycles. The van der Waals surface area contributed by atoms with Gasteiger partial charge in [-0.05, 0) is 36.4 Å². The second-order valence-electron chi connectivity index (χ2n) is 5.52. The lowest BCUT2D eigenvalue weighted by molar-refractivity contribution is -0.118. The van der Waals surface area contributed by atoms with Gasteiger partial charge < -0.3 is 15.4 Å². The Hall–Kier alpha value is -3.60. The fraction of sp³-hybridized carbons (Fsp3) is 0.0476. The molecule has 0 fully saturated rings. The summed E-state index contributed by atoms with van der Waals surface area (Å²) in [6.07, 6.45) is 0. The predicted octanol–water partition coefficient (Wildman–Crippen LogP) is 3.96. The summed E-state index contributed by atoms with van der Waals surface area (Å²) in [5, 5.41) is 5.54. The molecule has 0 aromatic heterocycles. The van der Waals surface area contributed by atoms with E-state index in [9.17, 15) is 9.59 Å². The van der Waals surface area contributed by atoms with Gasteiger partial charge in [-0.1, -0.05) is 48.5 Å². The highest BCUT2D eigenvalue weighted by atomic mass is 16.5. The van der Waals surface area contributed by atoms with Crippen LogP contribution in [0.25, 0.3) is 0 Å². The van der Waals surface area contributed by atoms with Crippen LogP contribution in [0.5, 0.6) is 5.75 Å². The van der Waals surface area contributed by atoms with E-state index in [1.54, 1.807) is 48.5 Å². The lowest BCUT2D eigenvalue weighted by Gasteiger charge is -2.12. The molecule has 5 nitrogen and oxygen atoms in total. The maximum Gasteiger partial charge on any atom is 0.262 e. The van der Waals surface area contributed by atoms with Gasteiger partial charge in [-0.2, -0.15) is 0 Å². The molecule has 0 unspecified atom stereocenters. The van der Waals surface area contributed by atoms with E-state index < -0.39 is 0 Å². The first-order valence-corrected chi connectivity index (χ1v) is 8.15. The van der Waals surface area contributed by atoms with Crippen molar-refractivity contribution in [2.24, 2.45) is 0 Å². The number of hydrogen-bond donors (Lipinski definition) is 2. The summed E-state index contributed by atoms with van der Waals surface area (Å²) in [5.41, 5.74) is 1.74. The van der Waals surface area contributed by atoms with Crippen molar-refractivity contribution in [2.75, 3.05) is 17.2 Å². The van der Waals surface area contributed by atoms with Crippen molar-refractivity contribution < 1.29 is 14.3 Å². The summed E-state index contributed by atoms with van der Waals surface area (Å²) < 4.78 is 5.56. The highest BCUT2D eigenvalue weighted by Crippen LogP contribution is 2.20. The zero-order chi connectivity index (χ0) is 18.2. The number of para-hydroxylation sites is 3. The first-order valence-electron chi connectivity index (χ1n) is 8.15. The highest BCUT2D eigenvalue weighted by Gasteiger charge is 2.13. The normalized spacial score (nSPS) is 10.0. The summed E-state index contributed by atoms with van der Waals surface area (Å²) >= 11 is 0. The van der Waals surface area contributed by atoms with Gasteiger partial charge in [0.05, 0.1) is 5.56 Å². The monoisotopic (exact) mass is 346 g/mol. The van der Waals surface area contributed by atoms with Gasteiger partial charge in [-0.3, -0.25) is 9.59 Å². The molecule has 0 aliphatic carbocycles. The van der Waals surface area contributed by atoms with E-state index in [0.717, 1.165) is 0 Å². The van der Waals surface area contributed by atoms with Crippen LogP contribution in [0.1, 0.15) is 10.4 Å². The predicted molar refractivity (Wildman–Crippen MR) is 101 cm³/mol. The van der Waals surface area contributed by atoms with Crippen molar-refractivity contribution in [3.8, 4) is 5.75 Å². The zero-order valence-electron chi connectivity index (χ0n) is 14.0. The van der Waals surface area contributed by atoms with Gasteiger partial charge >= 0.3 is 0 Å². The van der Waals surface area contributed by atoms with Crippen LogP contribution < -0.4 is 15.4 Å². The van der Waals surface area contributed by atoms with Crippen LogP contribution >= 0.6 is 0 Å². The standard InChI is InChI=1S/C21H18N2O3/c24-20(22-16-9-3-1-4-10-16)15-26-19-14-8-7-13-18(19)21(25)23-17-11-5-2-6-12-17/h1-14H,15H2,(H,22,24)(H,23,25). The van der Waals surface area contributed by atoms with Crippen LogP contribution in [-0.4, -0.2) is 18.4 Å². The molecule has 0 saturated carbocycles. The summed E-state index contributed by atoms with van der Waals surface area (Å²) in [7, 11) is 0. The van der Waals surface area contributed by atoms with E-state index in [-0.39, 0.29) is 18.4 Å². The molecule has 3 rings (SSSR count). The number of carbonyl (C=O) groups excluding carboxylic acids is 2. The van der Waals surface area contributed by atoms with E-state index in [4.69, 9.17) is 4.74 Å². The number of anilines is 2. The lowest BCUT2D eigenvalue weighted by Crippen LogP contribution is -2.21. The topological polar surface area (TPSA) is 67.4 Å².